The minimum atomic E-state index is -0.974. The third kappa shape index (κ3) is 2.83. The SMILES string of the molecule is Cc1ccc2c(nc3s/c(=C/c4ccc(-c5ccc(C(=O)O)cc5)o4)c(=O)n32)c1C. The number of hydrogen-bond acceptors (Lipinski definition) is 5. The fourth-order valence-electron chi connectivity index (χ4n) is 3.46. The van der Waals surface area contributed by atoms with Gasteiger partial charge in [0.1, 0.15) is 16.1 Å². The van der Waals surface area contributed by atoms with Crippen LogP contribution >= 0.6 is 11.3 Å². The van der Waals surface area contributed by atoms with Crippen LogP contribution in [-0.2, 0) is 0 Å². The number of hydrogen-bond donors (Lipinski definition) is 1. The molecule has 148 valence electrons. The van der Waals surface area contributed by atoms with E-state index in [0.29, 0.717) is 21.0 Å². The number of carboxylic acid groups (broad SMARTS) is 1. The van der Waals surface area contributed by atoms with E-state index in [2.05, 4.69) is 4.98 Å². The molecule has 0 fully saturated rings. The summed E-state index contributed by atoms with van der Waals surface area (Å²) in [5.41, 5.74) is 4.75. The molecule has 30 heavy (non-hydrogen) atoms. The van der Waals surface area contributed by atoms with Crippen LogP contribution in [0.2, 0.25) is 0 Å². The van der Waals surface area contributed by atoms with Crippen molar-refractivity contribution in [1.29, 1.82) is 0 Å². The molecule has 2 aromatic carbocycles. The van der Waals surface area contributed by atoms with E-state index < -0.39 is 5.97 Å². The van der Waals surface area contributed by atoms with Crippen molar-refractivity contribution in [1.82, 2.24) is 9.38 Å². The number of fused-ring (bicyclic) bond motifs is 3. The smallest absolute Gasteiger partial charge is 0.335 e. The summed E-state index contributed by atoms with van der Waals surface area (Å²) in [6, 6.07) is 14.0. The molecule has 3 aromatic heterocycles. The summed E-state index contributed by atoms with van der Waals surface area (Å²) in [5.74, 6) is 0.173. The largest absolute Gasteiger partial charge is 0.478 e. The molecule has 0 saturated carbocycles. The van der Waals surface area contributed by atoms with E-state index in [1.807, 2.05) is 26.0 Å². The van der Waals surface area contributed by atoms with Gasteiger partial charge in [-0.25, -0.2) is 14.2 Å². The lowest BCUT2D eigenvalue weighted by Gasteiger charge is -1.99. The summed E-state index contributed by atoms with van der Waals surface area (Å²) in [4.78, 5) is 29.3. The normalized spacial score (nSPS) is 12.3. The number of rotatable bonds is 3. The molecule has 0 radical (unpaired) electrons. The molecule has 0 aliphatic rings. The zero-order chi connectivity index (χ0) is 21.0. The predicted octanol–water partition coefficient (Wildman–Crippen LogP) is 4.03. The van der Waals surface area contributed by atoms with Gasteiger partial charge in [-0.2, -0.15) is 0 Å². The fourth-order valence-corrected chi connectivity index (χ4v) is 4.42. The van der Waals surface area contributed by atoms with E-state index in [9.17, 15) is 9.59 Å². The minimum absolute atomic E-state index is 0.121. The number of imidazole rings is 1. The molecule has 5 rings (SSSR count). The second kappa shape index (κ2) is 6.67. The van der Waals surface area contributed by atoms with Crippen molar-refractivity contribution in [2.45, 2.75) is 13.8 Å². The first kappa shape index (κ1) is 18.3. The van der Waals surface area contributed by atoms with Crippen LogP contribution in [0.4, 0.5) is 0 Å². The Bertz CT molecular complexity index is 1560. The highest BCUT2D eigenvalue weighted by Gasteiger charge is 2.14. The average molecular weight is 416 g/mol. The molecule has 0 spiro atoms. The number of benzene rings is 2. The van der Waals surface area contributed by atoms with Gasteiger partial charge in [0, 0.05) is 11.6 Å². The highest BCUT2D eigenvalue weighted by Crippen LogP contribution is 2.24. The number of aromatic nitrogens is 2. The van der Waals surface area contributed by atoms with Crippen LogP contribution in [-0.4, -0.2) is 20.5 Å². The third-order valence-corrected chi connectivity index (χ3v) is 6.22. The van der Waals surface area contributed by atoms with Gasteiger partial charge in [0.25, 0.3) is 5.56 Å². The van der Waals surface area contributed by atoms with E-state index in [1.54, 1.807) is 34.7 Å². The molecule has 0 aliphatic heterocycles. The molecule has 6 nitrogen and oxygen atoms in total. The lowest BCUT2D eigenvalue weighted by atomic mass is 10.1. The zero-order valence-corrected chi connectivity index (χ0v) is 17.0. The predicted molar refractivity (Wildman–Crippen MR) is 116 cm³/mol. The van der Waals surface area contributed by atoms with Gasteiger partial charge in [-0.05, 0) is 55.3 Å². The Kier molecular flexibility index (Phi) is 4.08. The van der Waals surface area contributed by atoms with Gasteiger partial charge < -0.3 is 9.52 Å². The van der Waals surface area contributed by atoms with Crippen LogP contribution in [0, 0.1) is 13.8 Å². The molecule has 0 bridgehead atoms. The lowest BCUT2D eigenvalue weighted by molar-refractivity contribution is 0.0697. The molecule has 0 saturated heterocycles. The van der Waals surface area contributed by atoms with Crippen molar-refractivity contribution in [2.24, 2.45) is 0 Å². The van der Waals surface area contributed by atoms with Crippen LogP contribution in [0.15, 0.2) is 57.7 Å². The zero-order valence-electron chi connectivity index (χ0n) is 16.2. The van der Waals surface area contributed by atoms with Gasteiger partial charge in [0.2, 0.25) is 0 Å². The Hall–Kier alpha value is -3.71. The molecule has 0 aliphatic carbocycles. The molecular formula is C23H16N2O4S. The second-order valence-electron chi connectivity index (χ2n) is 7.11. The van der Waals surface area contributed by atoms with Gasteiger partial charge in [-0.1, -0.05) is 29.5 Å². The number of thiazole rings is 1. The summed E-state index contributed by atoms with van der Waals surface area (Å²) < 4.78 is 8.05. The first-order chi connectivity index (χ1) is 14.4. The summed E-state index contributed by atoms with van der Waals surface area (Å²) in [5, 5.41) is 9.01. The minimum Gasteiger partial charge on any atom is -0.478 e. The molecular weight excluding hydrogens is 400 g/mol. The molecule has 7 heteroatoms. The Morgan fingerprint density at radius 3 is 2.60 bits per heavy atom. The summed E-state index contributed by atoms with van der Waals surface area (Å²) in [6.07, 6.45) is 1.71. The van der Waals surface area contributed by atoms with Crippen molar-refractivity contribution in [3.05, 3.63) is 85.9 Å². The molecule has 0 atom stereocenters. The number of nitrogens with zero attached hydrogens (tertiary/aromatic N) is 2. The van der Waals surface area contributed by atoms with E-state index in [0.717, 1.165) is 27.7 Å². The van der Waals surface area contributed by atoms with Crippen molar-refractivity contribution >= 4 is 39.4 Å². The average Bonchev–Trinajstić information content (AvgIpc) is 3.42. The van der Waals surface area contributed by atoms with E-state index in [-0.39, 0.29) is 11.1 Å². The second-order valence-corrected chi connectivity index (χ2v) is 8.11. The van der Waals surface area contributed by atoms with E-state index in [4.69, 9.17) is 9.52 Å². The van der Waals surface area contributed by atoms with Crippen LogP contribution in [0.3, 0.4) is 0 Å². The number of carbonyl (C=O) groups is 1. The highest BCUT2D eigenvalue weighted by atomic mass is 32.1. The van der Waals surface area contributed by atoms with Crippen molar-refractivity contribution in [2.75, 3.05) is 0 Å². The van der Waals surface area contributed by atoms with Gasteiger partial charge in [0.05, 0.1) is 16.6 Å². The quantitative estimate of drug-likeness (QED) is 0.480. The first-order valence-electron chi connectivity index (χ1n) is 9.29. The van der Waals surface area contributed by atoms with Crippen LogP contribution in [0.25, 0.3) is 33.4 Å². The maximum atomic E-state index is 13.0. The highest BCUT2D eigenvalue weighted by molar-refractivity contribution is 7.15. The van der Waals surface area contributed by atoms with E-state index in [1.165, 1.54) is 23.5 Å². The molecule has 5 aromatic rings. The third-order valence-electron chi connectivity index (χ3n) is 5.25. The van der Waals surface area contributed by atoms with Crippen molar-refractivity contribution < 1.29 is 14.3 Å². The Labute approximate surface area is 174 Å². The molecule has 1 N–H and O–H groups in total. The maximum absolute atomic E-state index is 13.0. The lowest BCUT2D eigenvalue weighted by Crippen LogP contribution is -2.22. The van der Waals surface area contributed by atoms with Gasteiger partial charge in [-0.15, -0.1) is 0 Å². The van der Waals surface area contributed by atoms with E-state index >= 15 is 0 Å². The van der Waals surface area contributed by atoms with Gasteiger partial charge >= 0.3 is 5.97 Å². The first-order valence-corrected chi connectivity index (χ1v) is 10.1. The maximum Gasteiger partial charge on any atom is 0.335 e. The van der Waals surface area contributed by atoms with Crippen molar-refractivity contribution in [3.8, 4) is 11.3 Å². The Morgan fingerprint density at radius 2 is 1.87 bits per heavy atom. The van der Waals surface area contributed by atoms with Crippen LogP contribution in [0.5, 0.6) is 0 Å². The topological polar surface area (TPSA) is 84.8 Å². The number of carboxylic acids is 1. The van der Waals surface area contributed by atoms with Crippen LogP contribution in [0.1, 0.15) is 27.2 Å². The number of furan rings is 1. The number of aromatic carboxylic acids is 1. The number of aryl methyl sites for hydroxylation is 2. The molecule has 3 heterocycles. The Balaban J connectivity index is 1.57. The Morgan fingerprint density at radius 1 is 1.10 bits per heavy atom. The van der Waals surface area contributed by atoms with Gasteiger partial charge in [-0.3, -0.25) is 4.79 Å². The summed E-state index contributed by atoms with van der Waals surface area (Å²) in [6.45, 7) is 4.04. The van der Waals surface area contributed by atoms with Crippen LogP contribution < -0.4 is 10.1 Å². The summed E-state index contributed by atoms with van der Waals surface area (Å²) >= 11 is 1.33. The fraction of sp³-hybridized carbons (Fsp3) is 0.0870. The monoisotopic (exact) mass is 416 g/mol. The molecule has 0 unspecified atom stereocenters. The van der Waals surface area contributed by atoms with Gasteiger partial charge in [0.15, 0.2) is 4.96 Å². The standard InChI is InChI=1S/C23H16N2O4S/c1-12-3-9-17-20(13(12)2)24-23-25(17)21(26)19(30-23)11-16-8-10-18(29-16)14-4-6-15(7-5-14)22(27)28/h3-11H,1-2H3,(H,27,28)/b19-11+. The summed E-state index contributed by atoms with van der Waals surface area (Å²) in [7, 11) is 0. The molecule has 0 amide bonds. The van der Waals surface area contributed by atoms with Crippen molar-refractivity contribution in [3.63, 3.8) is 0 Å².